The van der Waals surface area contributed by atoms with E-state index in [1.807, 2.05) is 17.9 Å². The summed E-state index contributed by atoms with van der Waals surface area (Å²) in [5.74, 6) is -0.926. The second-order valence-electron chi connectivity index (χ2n) is 4.66. The number of anilines is 1. The number of carboxylic acids is 1. The van der Waals surface area contributed by atoms with Crippen molar-refractivity contribution in [1.82, 2.24) is 0 Å². The Hall–Kier alpha value is -1.59. The van der Waals surface area contributed by atoms with Gasteiger partial charge in [-0.3, -0.25) is 0 Å². The first-order chi connectivity index (χ1) is 9.11. The zero-order valence-electron chi connectivity index (χ0n) is 11.0. The molecule has 104 valence electrons. The Kier molecular flexibility index (Phi) is 4.39. The maximum absolute atomic E-state index is 11.0. The van der Waals surface area contributed by atoms with Gasteiger partial charge in [-0.15, -0.1) is 0 Å². The van der Waals surface area contributed by atoms with Crippen molar-refractivity contribution in [3.05, 3.63) is 29.3 Å². The second kappa shape index (κ2) is 6.04. The van der Waals surface area contributed by atoms with Gasteiger partial charge in [-0.2, -0.15) is 0 Å². The number of nitrogens with zero attached hydrogens (tertiary/aromatic N) is 1. The lowest BCUT2D eigenvalue weighted by Crippen LogP contribution is -2.33. The number of aliphatic hydroxyl groups is 1. The van der Waals surface area contributed by atoms with E-state index in [1.165, 1.54) is 0 Å². The number of hydrogen-bond acceptors (Lipinski definition) is 4. The summed E-state index contributed by atoms with van der Waals surface area (Å²) >= 11 is 0. The predicted molar refractivity (Wildman–Crippen MR) is 71.8 cm³/mol. The largest absolute Gasteiger partial charge is 0.478 e. The molecule has 2 N–H and O–H groups in total. The quantitative estimate of drug-likeness (QED) is 0.807. The van der Waals surface area contributed by atoms with Crippen LogP contribution in [0.5, 0.6) is 0 Å². The molecule has 19 heavy (non-hydrogen) atoms. The number of β-amino-alcohol motifs (C(OH)–C–C–N with tert-alkyl or cyclic N) is 1. The van der Waals surface area contributed by atoms with Crippen molar-refractivity contribution >= 4 is 11.7 Å². The molecule has 2 rings (SSSR count). The van der Waals surface area contributed by atoms with Gasteiger partial charge in [0.15, 0.2) is 0 Å². The average molecular weight is 265 g/mol. The summed E-state index contributed by atoms with van der Waals surface area (Å²) in [5, 5.41) is 18.9. The predicted octanol–water partition coefficient (Wildman–Crippen LogP) is 1.14. The van der Waals surface area contributed by atoms with Gasteiger partial charge in [-0.1, -0.05) is 6.07 Å². The van der Waals surface area contributed by atoms with Crippen LogP contribution in [0, 0.1) is 0 Å². The fourth-order valence-electron chi connectivity index (χ4n) is 2.33. The van der Waals surface area contributed by atoms with Crippen molar-refractivity contribution < 1.29 is 19.7 Å². The molecule has 0 bridgehead atoms. The SMILES string of the molecule is CCOCC(O)CN1CCc2ccc(C(=O)O)cc21. The number of benzene rings is 1. The first-order valence-electron chi connectivity index (χ1n) is 6.48. The molecule has 0 saturated heterocycles. The third-order valence-electron chi connectivity index (χ3n) is 3.27. The molecule has 0 aromatic heterocycles. The number of hydrogen-bond donors (Lipinski definition) is 2. The van der Waals surface area contributed by atoms with E-state index >= 15 is 0 Å². The van der Waals surface area contributed by atoms with Crippen LogP contribution in [-0.2, 0) is 11.2 Å². The number of ether oxygens (including phenoxy) is 1. The molecular weight excluding hydrogens is 246 g/mol. The van der Waals surface area contributed by atoms with Gasteiger partial charge in [0.05, 0.1) is 18.3 Å². The molecular formula is C14H19NO4. The summed E-state index contributed by atoms with van der Waals surface area (Å²) in [6.07, 6.45) is 0.329. The van der Waals surface area contributed by atoms with Gasteiger partial charge in [0.25, 0.3) is 0 Å². The van der Waals surface area contributed by atoms with Gasteiger partial charge in [0, 0.05) is 25.4 Å². The Balaban J connectivity index is 2.07. The molecule has 0 fully saturated rings. The zero-order valence-corrected chi connectivity index (χ0v) is 11.0. The standard InChI is InChI=1S/C14H19NO4/c1-2-19-9-12(16)8-15-6-5-10-3-4-11(14(17)18)7-13(10)15/h3-4,7,12,16H,2,5-6,8-9H2,1H3,(H,17,18). The number of fused-ring (bicyclic) bond motifs is 1. The highest BCUT2D eigenvalue weighted by atomic mass is 16.5. The highest BCUT2D eigenvalue weighted by molar-refractivity contribution is 5.89. The van der Waals surface area contributed by atoms with Crippen LogP contribution in [0.25, 0.3) is 0 Å². The normalized spacial score (nSPS) is 15.4. The maximum Gasteiger partial charge on any atom is 0.335 e. The maximum atomic E-state index is 11.0. The summed E-state index contributed by atoms with van der Waals surface area (Å²) in [4.78, 5) is 13.0. The van der Waals surface area contributed by atoms with Crippen LogP contribution in [0.3, 0.4) is 0 Å². The lowest BCUT2D eigenvalue weighted by Gasteiger charge is -2.23. The lowest BCUT2D eigenvalue weighted by atomic mass is 10.1. The molecule has 1 atom stereocenters. The highest BCUT2D eigenvalue weighted by Gasteiger charge is 2.22. The van der Waals surface area contributed by atoms with E-state index in [4.69, 9.17) is 9.84 Å². The number of aromatic carboxylic acids is 1. The molecule has 5 nitrogen and oxygen atoms in total. The van der Waals surface area contributed by atoms with Crippen LogP contribution in [0.4, 0.5) is 5.69 Å². The van der Waals surface area contributed by atoms with Gasteiger partial charge in [0.2, 0.25) is 0 Å². The van der Waals surface area contributed by atoms with Gasteiger partial charge in [0.1, 0.15) is 0 Å². The van der Waals surface area contributed by atoms with Crippen LogP contribution < -0.4 is 4.90 Å². The van der Waals surface area contributed by atoms with Crippen LogP contribution in [0.2, 0.25) is 0 Å². The number of carboxylic acid groups (broad SMARTS) is 1. The van der Waals surface area contributed by atoms with Crippen molar-refractivity contribution in [2.75, 3.05) is 31.2 Å². The average Bonchev–Trinajstić information content (AvgIpc) is 2.78. The summed E-state index contributed by atoms with van der Waals surface area (Å²) < 4.78 is 5.18. The number of rotatable bonds is 6. The molecule has 0 amide bonds. The summed E-state index contributed by atoms with van der Waals surface area (Å²) in [5.41, 5.74) is 2.33. The first-order valence-corrected chi connectivity index (χ1v) is 6.48. The van der Waals surface area contributed by atoms with Gasteiger partial charge < -0.3 is 19.8 Å². The summed E-state index contributed by atoms with van der Waals surface area (Å²) in [6, 6.07) is 5.16. The van der Waals surface area contributed by atoms with Crippen molar-refractivity contribution in [3.63, 3.8) is 0 Å². The molecule has 1 unspecified atom stereocenters. The Morgan fingerprint density at radius 2 is 2.32 bits per heavy atom. The van der Waals surface area contributed by atoms with Crippen molar-refractivity contribution in [1.29, 1.82) is 0 Å². The minimum Gasteiger partial charge on any atom is -0.478 e. The third kappa shape index (κ3) is 3.24. The van der Waals surface area contributed by atoms with Crippen LogP contribution >= 0.6 is 0 Å². The van der Waals surface area contributed by atoms with E-state index in [9.17, 15) is 9.90 Å². The van der Waals surface area contributed by atoms with Crippen molar-refractivity contribution in [2.24, 2.45) is 0 Å². The molecule has 0 spiro atoms. The number of carbonyl (C=O) groups is 1. The molecule has 1 aromatic rings. The van der Waals surface area contributed by atoms with Gasteiger partial charge in [-0.05, 0) is 31.0 Å². The molecule has 0 radical (unpaired) electrons. The molecule has 0 saturated carbocycles. The Morgan fingerprint density at radius 3 is 3.00 bits per heavy atom. The molecule has 1 aromatic carbocycles. The fourth-order valence-corrected chi connectivity index (χ4v) is 2.33. The monoisotopic (exact) mass is 265 g/mol. The fraction of sp³-hybridized carbons (Fsp3) is 0.500. The van der Waals surface area contributed by atoms with E-state index < -0.39 is 12.1 Å². The highest BCUT2D eigenvalue weighted by Crippen LogP contribution is 2.29. The molecule has 5 heteroatoms. The summed E-state index contributed by atoms with van der Waals surface area (Å²) in [7, 11) is 0. The Bertz CT molecular complexity index is 461. The smallest absolute Gasteiger partial charge is 0.335 e. The minimum atomic E-state index is -0.926. The molecule has 0 aliphatic carbocycles. The van der Waals surface area contributed by atoms with E-state index in [2.05, 4.69) is 0 Å². The van der Waals surface area contributed by atoms with E-state index in [0.717, 1.165) is 24.2 Å². The van der Waals surface area contributed by atoms with Crippen LogP contribution in [0.1, 0.15) is 22.8 Å². The number of aliphatic hydroxyl groups excluding tert-OH is 1. The molecule has 1 heterocycles. The van der Waals surface area contributed by atoms with E-state index in [1.54, 1.807) is 12.1 Å². The topological polar surface area (TPSA) is 70.0 Å². The molecule has 1 aliphatic heterocycles. The van der Waals surface area contributed by atoms with E-state index in [0.29, 0.717) is 19.8 Å². The van der Waals surface area contributed by atoms with Gasteiger partial charge >= 0.3 is 5.97 Å². The Morgan fingerprint density at radius 1 is 1.53 bits per heavy atom. The molecule has 1 aliphatic rings. The van der Waals surface area contributed by atoms with Crippen LogP contribution in [0.15, 0.2) is 18.2 Å². The summed E-state index contributed by atoms with van der Waals surface area (Å²) in [6.45, 7) is 4.05. The first kappa shape index (κ1) is 13.8. The lowest BCUT2D eigenvalue weighted by molar-refractivity contribution is 0.0465. The van der Waals surface area contributed by atoms with Crippen molar-refractivity contribution in [3.8, 4) is 0 Å². The van der Waals surface area contributed by atoms with Gasteiger partial charge in [-0.25, -0.2) is 4.79 Å². The minimum absolute atomic E-state index is 0.282. The van der Waals surface area contributed by atoms with Crippen LogP contribution in [-0.4, -0.2) is 48.6 Å². The zero-order chi connectivity index (χ0) is 13.8. The second-order valence-corrected chi connectivity index (χ2v) is 4.66. The van der Waals surface area contributed by atoms with Crippen molar-refractivity contribution in [2.45, 2.75) is 19.4 Å². The third-order valence-corrected chi connectivity index (χ3v) is 3.27. The Labute approximate surface area is 112 Å². The van der Waals surface area contributed by atoms with E-state index in [-0.39, 0.29) is 5.56 Å².